The Kier molecular flexibility index (Phi) is 2.23. The van der Waals surface area contributed by atoms with Gasteiger partial charge in [0.25, 0.3) is 0 Å². The molecular weight excluding hydrogens is 176 g/mol. The van der Waals surface area contributed by atoms with Crippen molar-refractivity contribution in [2.24, 2.45) is 0 Å². The molecular formula is C11H12N2O. The maximum absolute atomic E-state index is 5.25. The van der Waals surface area contributed by atoms with Gasteiger partial charge in [0.2, 0.25) is 0 Å². The lowest BCUT2D eigenvalue weighted by molar-refractivity contribution is 0.416. The second-order valence-corrected chi connectivity index (χ2v) is 3.12. The quantitative estimate of drug-likeness (QED) is 0.785. The molecule has 14 heavy (non-hydrogen) atoms. The Morgan fingerprint density at radius 1 is 1.29 bits per heavy atom. The molecule has 0 amide bonds. The van der Waals surface area contributed by atoms with Gasteiger partial charge in [0.1, 0.15) is 11.6 Å². The molecule has 0 radical (unpaired) electrons. The second-order valence-electron chi connectivity index (χ2n) is 3.12. The first-order chi connectivity index (χ1) is 6.81. The first-order valence-corrected chi connectivity index (χ1v) is 4.46. The molecule has 0 fully saturated rings. The zero-order chi connectivity index (χ0) is 9.97. The molecule has 1 aromatic carbocycles. The highest BCUT2D eigenvalue weighted by atomic mass is 16.5. The Morgan fingerprint density at radius 3 is 2.71 bits per heavy atom. The van der Waals surface area contributed by atoms with Crippen LogP contribution in [0.2, 0.25) is 0 Å². The Hall–Kier alpha value is -1.77. The normalized spacial score (nSPS) is 10.1. The highest BCUT2D eigenvalue weighted by Crippen LogP contribution is 2.26. The van der Waals surface area contributed by atoms with E-state index in [2.05, 4.69) is 9.97 Å². The standard InChI is InChI=1S/C11H12N2O/c1-8-7-12-11(13-8)9-5-3-4-6-10(9)14-2/h3-7H,1-2H3,(H,12,13). The van der Waals surface area contributed by atoms with Gasteiger partial charge in [-0.1, -0.05) is 12.1 Å². The summed E-state index contributed by atoms with van der Waals surface area (Å²) in [5.74, 6) is 1.68. The Bertz CT molecular complexity index is 434. The summed E-state index contributed by atoms with van der Waals surface area (Å²) in [5, 5.41) is 0. The predicted octanol–water partition coefficient (Wildman–Crippen LogP) is 2.39. The van der Waals surface area contributed by atoms with Gasteiger partial charge < -0.3 is 9.72 Å². The maximum atomic E-state index is 5.25. The van der Waals surface area contributed by atoms with Crippen LogP contribution in [0, 0.1) is 6.92 Å². The number of ether oxygens (including phenoxy) is 1. The molecule has 1 N–H and O–H groups in total. The first kappa shape index (κ1) is 8.81. The number of para-hydroxylation sites is 1. The monoisotopic (exact) mass is 188 g/mol. The fourth-order valence-corrected chi connectivity index (χ4v) is 1.39. The Morgan fingerprint density at radius 2 is 2.07 bits per heavy atom. The largest absolute Gasteiger partial charge is 0.496 e. The van der Waals surface area contributed by atoms with Crippen molar-refractivity contribution in [3.63, 3.8) is 0 Å². The molecule has 0 aliphatic heterocycles. The molecule has 72 valence electrons. The van der Waals surface area contributed by atoms with Crippen LogP contribution in [0.5, 0.6) is 5.75 Å². The van der Waals surface area contributed by atoms with Crippen molar-refractivity contribution < 1.29 is 4.74 Å². The number of benzene rings is 1. The van der Waals surface area contributed by atoms with E-state index in [1.807, 2.05) is 37.4 Å². The topological polar surface area (TPSA) is 37.9 Å². The molecule has 0 atom stereocenters. The van der Waals surface area contributed by atoms with Gasteiger partial charge in [0.05, 0.1) is 12.7 Å². The fourth-order valence-electron chi connectivity index (χ4n) is 1.39. The van der Waals surface area contributed by atoms with Gasteiger partial charge in [-0.3, -0.25) is 0 Å². The molecule has 0 bridgehead atoms. The van der Waals surface area contributed by atoms with E-state index in [0.29, 0.717) is 0 Å². The number of methoxy groups -OCH3 is 1. The molecule has 0 saturated carbocycles. The summed E-state index contributed by atoms with van der Waals surface area (Å²) in [4.78, 5) is 7.44. The summed E-state index contributed by atoms with van der Waals surface area (Å²) in [6, 6.07) is 7.82. The van der Waals surface area contributed by atoms with E-state index in [-0.39, 0.29) is 0 Å². The third-order valence-corrected chi connectivity index (χ3v) is 2.06. The van der Waals surface area contributed by atoms with Gasteiger partial charge in [0.15, 0.2) is 0 Å². The molecule has 0 spiro atoms. The maximum Gasteiger partial charge on any atom is 0.141 e. The van der Waals surface area contributed by atoms with Crippen molar-refractivity contribution >= 4 is 0 Å². The summed E-state index contributed by atoms with van der Waals surface area (Å²) >= 11 is 0. The average molecular weight is 188 g/mol. The van der Waals surface area contributed by atoms with E-state index >= 15 is 0 Å². The van der Waals surface area contributed by atoms with Crippen LogP contribution >= 0.6 is 0 Å². The fraction of sp³-hybridized carbons (Fsp3) is 0.182. The van der Waals surface area contributed by atoms with E-state index in [1.54, 1.807) is 7.11 Å². The minimum Gasteiger partial charge on any atom is -0.496 e. The summed E-state index contributed by atoms with van der Waals surface area (Å²) in [6.45, 7) is 1.98. The third kappa shape index (κ3) is 1.48. The van der Waals surface area contributed by atoms with Crippen molar-refractivity contribution in [3.8, 4) is 17.1 Å². The van der Waals surface area contributed by atoms with Crippen LogP contribution in [-0.4, -0.2) is 17.1 Å². The molecule has 1 aromatic heterocycles. The van der Waals surface area contributed by atoms with Crippen molar-refractivity contribution in [3.05, 3.63) is 36.2 Å². The minimum atomic E-state index is 0.835. The highest BCUT2D eigenvalue weighted by Gasteiger charge is 2.06. The summed E-state index contributed by atoms with van der Waals surface area (Å²) in [6.07, 6.45) is 1.81. The number of nitrogens with zero attached hydrogens (tertiary/aromatic N) is 1. The van der Waals surface area contributed by atoms with Crippen LogP contribution in [-0.2, 0) is 0 Å². The van der Waals surface area contributed by atoms with Crippen LogP contribution in [0.3, 0.4) is 0 Å². The van der Waals surface area contributed by atoms with Gasteiger partial charge in [-0.25, -0.2) is 4.98 Å². The van der Waals surface area contributed by atoms with Gasteiger partial charge in [0, 0.05) is 11.9 Å². The zero-order valence-corrected chi connectivity index (χ0v) is 8.24. The van der Waals surface area contributed by atoms with Crippen LogP contribution in [0.4, 0.5) is 0 Å². The average Bonchev–Trinajstić information content (AvgIpc) is 2.65. The first-order valence-electron chi connectivity index (χ1n) is 4.46. The number of nitrogens with one attached hydrogen (secondary N) is 1. The summed E-state index contributed by atoms with van der Waals surface area (Å²) in [7, 11) is 1.66. The second kappa shape index (κ2) is 3.54. The van der Waals surface area contributed by atoms with Crippen molar-refractivity contribution in [1.82, 2.24) is 9.97 Å². The lowest BCUT2D eigenvalue weighted by Gasteiger charge is -2.04. The predicted molar refractivity (Wildman–Crippen MR) is 55.3 cm³/mol. The van der Waals surface area contributed by atoms with Gasteiger partial charge >= 0.3 is 0 Å². The molecule has 1 heterocycles. The molecule has 0 unspecified atom stereocenters. The molecule has 3 heteroatoms. The van der Waals surface area contributed by atoms with Crippen molar-refractivity contribution in [2.75, 3.05) is 7.11 Å². The lowest BCUT2D eigenvalue weighted by atomic mass is 10.2. The SMILES string of the molecule is COc1ccccc1-c1ncc(C)[nH]1. The van der Waals surface area contributed by atoms with E-state index in [0.717, 1.165) is 22.8 Å². The number of H-pyrrole nitrogens is 1. The Balaban J connectivity index is 2.50. The summed E-state index contributed by atoms with van der Waals surface area (Å²) in [5.41, 5.74) is 2.04. The number of hydrogen-bond acceptors (Lipinski definition) is 2. The molecule has 2 aromatic rings. The van der Waals surface area contributed by atoms with E-state index in [4.69, 9.17) is 4.74 Å². The van der Waals surface area contributed by atoms with E-state index in [1.165, 1.54) is 0 Å². The Labute approximate surface area is 82.8 Å². The number of aryl methyl sites for hydroxylation is 1. The van der Waals surface area contributed by atoms with Crippen LogP contribution < -0.4 is 4.74 Å². The van der Waals surface area contributed by atoms with Crippen molar-refractivity contribution in [2.45, 2.75) is 6.92 Å². The van der Waals surface area contributed by atoms with Crippen LogP contribution in [0.15, 0.2) is 30.5 Å². The molecule has 3 nitrogen and oxygen atoms in total. The lowest BCUT2D eigenvalue weighted by Crippen LogP contribution is -1.88. The number of hydrogen-bond donors (Lipinski definition) is 1. The van der Waals surface area contributed by atoms with E-state index in [9.17, 15) is 0 Å². The highest BCUT2D eigenvalue weighted by molar-refractivity contribution is 5.64. The van der Waals surface area contributed by atoms with Gasteiger partial charge in [-0.05, 0) is 19.1 Å². The van der Waals surface area contributed by atoms with Gasteiger partial charge in [-0.15, -0.1) is 0 Å². The molecule has 0 aliphatic carbocycles. The van der Waals surface area contributed by atoms with Crippen LogP contribution in [0.1, 0.15) is 5.69 Å². The van der Waals surface area contributed by atoms with Crippen molar-refractivity contribution in [1.29, 1.82) is 0 Å². The number of aromatic amines is 1. The smallest absolute Gasteiger partial charge is 0.141 e. The number of imidazole rings is 1. The molecule has 0 aliphatic rings. The van der Waals surface area contributed by atoms with E-state index < -0.39 is 0 Å². The zero-order valence-electron chi connectivity index (χ0n) is 8.24. The molecule has 0 saturated heterocycles. The minimum absolute atomic E-state index is 0.835. The number of rotatable bonds is 2. The molecule has 2 rings (SSSR count). The van der Waals surface area contributed by atoms with Gasteiger partial charge in [-0.2, -0.15) is 0 Å². The third-order valence-electron chi connectivity index (χ3n) is 2.06. The van der Waals surface area contributed by atoms with Crippen LogP contribution in [0.25, 0.3) is 11.4 Å². The summed E-state index contributed by atoms with van der Waals surface area (Å²) < 4.78 is 5.25. The number of aromatic nitrogens is 2.